The molecule has 1 rings (SSSR count). The first kappa shape index (κ1) is 16.7. The highest BCUT2D eigenvalue weighted by Crippen LogP contribution is 2.20. The summed E-state index contributed by atoms with van der Waals surface area (Å²) in [6.07, 6.45) is 0. The molecule has 0 atom stereocenters. The number of ether oxygens (including phenoxy) is 1. The van der Waals surface area contributed by atoms with Crippen molar-refractivity contribution >= 4 is 16.0 Å². The van der Waals surface area contributed by atoms with E-state index < -0.39 is 16.0 Å². The lowest BCUT2D eigenvalue weighted by Crippen LogP contribution is -2.41. The van der Waals surface area contributed by atoms with Crippen molar-refractivity contribution in [3.63, 3.8) is 0 Å². The Labute approximate surface area is 120 Å². The largest absolute Gasteiger partial charge is 0.468 e. The zero-order valence-electron chi connectivity index (χ0n) is 12.5. The maximum absolute atomic E-state index is 12.6. The molecule has 0 fully saturated rings. The summed E-state index contributed by atoms with van der Waals surface area (Å²) < 4.78 is 30.9. The lowest BCUT2D eigenvalue weighted by Gasteiger charge is -2.25. The van der Waals surface area contributed by atoms with Crippen molar-refractivity contribution in [1.82, 2.24) is 4.31 Å². The van der Waals surface area contributed by atoms with Crippen LogP contribution in [0.5, 0.6) is 0 Å². The van der Waals surface area contributed by atoms with Gasteiger partial charge in [0.05, 0.1) is 12.0 Å². The molecular formula is C14H21NO4S. The number of carbonyl (C=O) groups is 1. The monoisotopic (exact) mass is 299 g/mol. The molecule has 112 valence electrons. The van der Waals surface area contributed by atoms with E-state index in [4.69, 9.17) is 0 Å². The van der Waals surface area contributed by atoms with Gasteiger partial charge in [0.1, 0.15) is 6.54 Å². The van der Waals surface area contributed by atoms with Gasteiger partial charge in [-0.25, -0.2) is 8.42 Å². The van der Waals surface area contributed by atoms with Crippen molar-refractivity contribution in [2.75, 3.05) is 13.7 Å². The van der Waals surface area contributed by atoms with Gasteiger partial charge < -0.3 is 4.74 Å². The Bertz CT molecular complexity index is 593. The van der Waals surface area contributed by atoms with Crippen molar-refractivity contribution in [3.8, 4) is 0 Å². The van der Waals surface area contributed by atoms with Gasteiger partial charge in [-0.3, -0.25) is 4.79 Å². The third-order valence-electron chi connectivity index (χ3n) is 3.17. The molecule has 0 N–H and O–H groups in total. The Morgan fingerprint density at radius 1 is 1.25 bits per heavy atom. The molecule has 0 aliphatic carbocycles. The molecule has 0 radical (unpaired) electrons. The van der Waals surface area contributed by atoms with Crippen molar-refractivity contribution in [3.05, 3.63) is 29.3 Å². The summed E-state index contributed by atoms with van der Waals surface area (Å²) in [5, 5.41) is 0. The first-order valence-electron chi connectivity index (χ1n) is 6.36. The summed E-state index contributed by atoms with van der Waals surface area (Å²) >= 11 is 0. The molecule has 0 aromatic heterocycles. The Morgan fingerprint density at radius 2 is 1.85 bits per heavy atom. The Hall–Kier alpha value is -1.40. The number of rotatable bonds is 5. The summed E-state index contributed by atoms with van der Waals surface area (Å²) in [7, 11) is -2.47. The molecule has 0 unspecified atom stereocenters. The van der Waals surface area contributed by atoms with E-state index in [1.807, 2.05) is 13.8 Å². The van der Waals surface area contributed by atoms with Crippen LogP contribution in [0.15, 0.2) is 23.1 Å². The van der Waals surface area contributed by atoms with Gasteiger partial charge in [0.2, 0.25) is 10.0 Å². The van der Waals surface area contributed by atoms with Crippen LogP contribution >= 0.6 is 0 Å². The van der Waals surface area contributed by atoms with E-state index in [2.05, 4.69) is 4.74 Å². The second-order valence-electron chi connectivity index (χ2n) is 4.97. The van der Waals surface area contributed by atoms with E-state index >= 15 is 0 Å². The predicted molar refractivity (Wildman–Crippen MR) is 77.0 cm³/mol. The minimum Gasteiger partial charge on any atom is -0.468 e. The highest BCUT2D eigenvalue weighted by Gasteiger charge is 2.29. The van der Waals surface area contributed by atoms with E-state index in [-0.39, 0.29) is 17.5 Å². The van der Waals surface area contributed by atoms with Crippen LogP contribution in [0.2, 0.25) is 0 Å². The number of esters is 1. The van der Waals surface area contributed by atoms with Crippen LogP contribution in [0.1, 0.15) is 25.0 Å². The molecule has 0 saturated heterocycles. The van der Waals surface area contributed by atoms with Gasteiger partial charge in [0.15, 0.2) is 0 Å². The van der Waals surface area contributed by atoms with Crippen LogP contribution in [0.25, 0.3) is 0 Å². The summed E-state index contributed by atoms with van der Waals surface area (Å²) in [5.41, 5.74) is 1.92. The molecule has 0 bridgehead atoms. The smallest absolute Gasteiger partial charge is 0.321 e. The van der Waals surface area contributed by atoms with Crippen molar-refractivity contribution in [1.29, 1.82) is 0 Å². The van der Waals surface area contributed by atoms with E-state index in [9.17, 15) is 13.2 Å². The molecule has 0 aliphatic rings. The number of nitrogens with zero attached hydrogens (tertiary/aromatic N) is 1. The fourth-order valence-corrected chi connectivity index (χ4v) is 3.41. The Balaban J connectivity index is 3.22. The Morgan fingerprint density at radius 3 is 2.30 bits per heavy atom. The summed E-state index contributed by atoms with van der Waals surface area (Å²) in [4.78, 5) is 11.6. The quantitative estimate of drug-likeness (QED) is 0.779. The average molecular weight is 299 g/mol. The molecule has 20 heavy (non-hydrogen) atoms. The number of hydrogen-bond donors (Lipinski definition) is 0. The highest BCUT2D eigenvalue weighted by molar-refractivity contribution is 7.89. The Kier molecular flexibility index (Phi) is 5.30. The summed E-state index contributed by atoms with van der Waals surface area (Å²) in [5.74, 6) is -0.578. The topological polar surface area (TPSA) is 63.7 Å². The van der Waals surface area contributed by atoms with Gasteiger partial charge in [0.25, 0.3) is 0 Å². The molecule has 0 spiro atoms. The molecule has 0 heterocycles. The van der Waals surface area contributed by atoms with E-state index in [1.54, 1.807) is 32.0 Å². The lowest BCUT2D eigenvalue weighted by molar-refractivity contribution is -0.141. The molecule has 0 saturated carbocycles. The minimum absolute atomic E-state index is 0.193. The fraction of sp³-hybridized carbons (Fsp3) is 0.500. The standard InChI is InChI=1S/C14H21NO4S/c1-10(2)15(9-14(16)19-5)20(17,18)13-7-6-11(3)12(4)8-13/h6-8,10H,9H2,1-5H3. The summed E-state index contributed by atoms with van der Waals surface area (Å²) in [6.45, 7) is 6.93. The van der Waals surface area contributed by atoms with Gasteiger partial charge in [-0.15, -0.1) is 0 Å². The molecule has 0 amide bonds. The first-order valence-corrected chi connectivity index (χ1v) is 7.80. The SMILES string of the molecule is COC(=O)CN(C(C)C)S(=O)(=O)c1ccc(C)c(C)c1. The number of sulfonamides is 1. The van der Waals surface area contributed by atoms with Gasteiger partial charge in [-0.1, -0.05) is 6.07 Å². The van der Waals surface area contributed by atoms with Crippen molar-refractivity contribution in [2.24, 2.45) is 0 Å². The molecule has 1 aromatic carbocycles. The van der Waals surface area contributed by atoms with Gasteiger partial charge in [-0.2, -0.15) is 4.31 Å². The van der Waals surface area contributed by atoms with Crippen LogP contribution in [0.4, 0.5) is 0 Å². The number of methoxy groups -OCH3 is 1. The third-order valence-corrected chi connectivity index (χ3v) is 5.19. The zero-order chi connectivity index (χ0) is 15.5. The van der Waals surface area contributed by atoms with Crippen molar-refractivity contribution < 1.29 is 17.9 Å². The zero-order valence-corrected chi connectivity index (χ0v) is 13.3. The second-order valence-corrected chi connectivity index (χ2v) is 6.86. The van der Waals surface area contributed by atoms with E-state index in [0.29, 0.717) is 0 Å². The molecule has 5 nitrogen and oxygen atoms in total. The lowest BCUT2D eigenvalue weighted by atomic mass is 10.1. The number of hydrogen-bond acceptors (Lipinski definition) is 4. The van der Waals surface area contributed by atoms with Gasteiger partial charge in [-0.05, 0) is 51.0 Å². The maximum atomic E-state index is 12.6. The van der Waals surface area contributed by atoms with Crippen molar-refractivity contribution in [2.45, 2.75) is 38.6 Å². The number of aryl methyl sites for hydroxylation is 2. The molecule has 6 heteroatoms. The summed E-state index contributed by atoms with van der Waals surface area (Å²) in [6, 6.07) is 4.61. The molecular weight excluding hydrogens is 278 g/mol. The van der Waals surface area contributed by atoms with Crippen LogP contribution in [0, 0.1) is 13.8 Å². The first-order chi connectivity index (χ1) is 9.20. The van der Waals surface area contributed by atoms with Crippen LogP contribution in [-0.2, 0) is 19.6 Å². The minimum atomic E-state index is -3.71. The molecule has 1 aromatic rings. The fourth-order valence-electron chi connectivity index (χ4n) is 1.75. The van der Waals surface area contributed by atoms with Crippen LogP contribution < -0.4 is 0 Å². The normalized spacial score (nSPS) is 11.9. The average Bonchev–Trinajstić information content (AvgIpc) is 2.37. The van der Waals surface area contributed by atoms with E-state index in [1.165, 1.54) is 7.11 Å². The molecule has 0 aliphatic heterocycles. The van der Waals surface area contributed by atoms with Crippen LogP contribution in [-0.4, -0.2) is 38.4 Å². The third kappa shape index (κ3) is 3.58. The maximum Gasteiger partial charge on any atom is 0.321 e. The van der Waals surface area contributed by atoms with Crippen LogP contribution in [0.3, 0.4) is 0 Å². The number of carbonyl (C=O) groups excluding carboxylic acids is 1. The second kappa shape index (κ2) is 6.37. The van der Waals surface area contributed by atoms with Gasteiger partial charge in [0, 0.05) is 6.04 Å². The van der Waals surface area contributed by atoms with Gasteiger partial charge >= 0.3 is 5.97 Å². The number of benzene rings is 1. The highest BCUT2D eigenvalue weighted by atomic mass is 32.2. The van der Waals surface area contributed by atoms with E-state index in [0.717, 1.165) is 15.4 Å². The predicted octanol–water partition coefficient (Wildman–Crippen LogP) is 1.88.